The first kappa shape index (κ1) is 21.8. The van der Waals surface area contributed by atoms with Crippen LogP contribution in [0.1, 0.15) is 41.3 Å². The van der Waals surface area contributed by atoms with Gasteiger partial charge in [0.15, 0.2) is 0 Å². The van der Waals surface area contributed by atoms with Gasteiger partial charge in [-0.2, -0.15) is 0 Å². The number of rotatable bonds is 7. The maximum atomic E-state index is 13.0. The molecule has 1 fully saturated rings. The molecule has 0 aromatic heterocycles. The Morgan fingerprint density at radius 2 is 1.59 bits per heavy atom. The minimum absolute atomic E-state index is 0.166. The summed E-state index contributed by atoms with van der Waals surface area (Å²) in [5.41, 5.74) is 2.96. The minimum atomic E-state index is -0.412. The second-order valence-corrected chi connectivity index (χ2v) is 8.32. The molecule has 2 amide bonds. The Hall–Kier alpha value is -3.44. The first-order valence-corrected chi connectivity index (χ1v) is 11.0. The van der Waals surface area contributed by atoms with E-state index in [1.165, 1.54) is 0 Å². The molecule has 5 nitrogen and oxygen atoms in total. The first-order valence-electron chi connectivity index (χ1n) is 11.0. The molecule has 164 valence electrons. The smallest absolute Gasteiger partial charge is 0.253 e. The fourth-order valence-electron chi connectivity index (χ4n) is 4.09. The van der Waals surface area contributed by atoms with Crippen LogP contribution in [0.15, 0.2) is 84.9 Å². The van der Waals surface area contributed by atoms with E-state index in [-0.39, 0.29) is 17.2 Å². The van der Waals surface area contributed by atoms with Crippen molar-refractivity contribution in [2.24, 2.45) is 0 Å². The van der Waals surface area contributed by atoms with E-state index in [0.717, 1.165) is 24.0 Å². The van der Waals surface area contributed by atoms with Gasteiger partial charge in [-0.25, -0.2) is 0 Å². The fourth-order valence-corrected chi connectivity index (χ4v) is 4.09. The molecule has 1 saturated heterocycles. The van der Waals surface area contributed by atoms with Gasteiger partial charge in [-0.3, -0.25) is 9.59 Å². The molecule has 0 spiro atoms. The second kappa shape index (κ2) is 9.79. The van der Waals surface area contributed by atoms with Crippen LogP contribution in [0.5, 0.6) is 0 Å². The predicted molar refractivity (Wildman–Crippen MR) is 126 cm³/mol. The van der Waals surface area contributed by atoms with Crippen molar-refractivity contribution in [3.8, 4) is 0 Å². The number of carbonyl (C=O) groups is 2. The standard InChI is InChI=1S/C27H28N2O3/c1-27(21-11-4-2-5-12-21,22-13-6-3-7-14-22)19-28-25(30)20-10-8-15-23(18-20)29-26(31)24-16-9-17-32-24/h2-8,10-15,18,24H,9,16-17,19H2,1H3,(H,28,30)(H,29,31). The zero-order chi connectivity index (χ0) is 22.4. The van der Waals surface area contributed by atoms with E-state index in [2.05, 4.69) is 41.8 Å². The SMILES string of the molecule is CC(CNC(=O)c1cccc(NC(=O)C2CCCO2)c1)(c1ccccc1)c1ccccc1. The van der Waals surface area contributed by atoms with Gasteiger partial charge in [0.25, 0.3) is 11.8 Å². The van der Waals surface area contributed by atoms with Gasteiger partial charge in [0.1, 0.15) is 6.10 Å². The van der Waals surface area contributed by atoms with Crippen molar-refractivity contribution in [1.29, 1.82) is 0 Å². The van der Waals surface area contributed by atoms with Gasteiger partial charge < -0.3 is 15.4 Å². The predicted octanol–water partition coefficient (Wildman–Crippen LogP) is 4.54. The summed E-state index contributed by atoms with van der Waals surface area (Å²) in [6, 6.07) is 27.4. The highest BCUT2D eigenvalue weighted by atomic mass is 16.5. The summed E-state index contributed by atoms with van der Waals surface area (Å²) in [7, 11) is 0. The largest absolute Gasteiger partial charge is 0.368 e. The Balaban J connectivity index is 1.48. The number of anilines is 1. The van der Waals surface area contributed by atoms with Crippen LogP contribution in [-0.2, 0) is 14.9 Å². The molecule has 3 aromatic carbocycles. The van der Waals surface area contributed by atoms with Crippen molar-refractivity contribution >= 4 is 17.5 Å². The van der Waals surface area contributed by atoms with E-state index < -0.39 is 6.10 Å². The molecule has 0 aliphatic carbocycles. The average Bonchev–Trinajstić information content (AvgIpc) is 3.39. The lowest BCUT2D eigenvalue weighted by Crippen LogP contribution is -2.39. The molecule has 0 radical (unpaired) electrons. The molecule has 4 rings (SSSR count). The Morgan fingerprint density at radius 3 is 2.19 bits per heavy atom. The van der Waals surface area contributed by atoms with Gasteiger partial charge >= 0.3 is 0 Å². The van der Waals surface area contributed by atoms with Crippen LogP contribution >= 0.6 is 0 Å². The molecule has 2 N–H and O–H groups in total. The van der Waals surface area contributed by atoms with Crippen LogP contribution < -0.4 is 10.6 Å². The molecule has 1 aliphatic rings. The third kappa shape index (κ3) is 4.89. The molecule has 1 atom stereocenters. The Labute approximate surface area is 188 Å². The molecule has 1 heterocycles. The summed E-state index contributed by atoms with van der Waals surface area (Å²) >= 11 is 0. The molecule has 1 unspecified atom stereocenters. The first-order chi connectivity index (χ1) is 15.6. The summed E-state index contributed by atoms with van der Waals surface area (Å²) in [6.45, 7) is 3.19. The van der Waals surface area contributed by atoms with E-state index in [4.69, 9.17) is 4.74 Å². The summed E-state index contributed by atoms with van der Waals surface area (Å²) in [5.74, 6) is -0.350. The number of benzene rings is 3. The zero-order valence-electron chi connectivity index (χ0n) is 18.2. The maximum absolute atomic E-state index is 13.0. The van der Waals surface area contributed by atoms with E-state index in [0.29, 0.717) is 24.4 Å². The van der Waals surface area contributed by atoms with Crippen molar-refractivity contribution in [3.05, 3.63) is 102 Å². The highest BCUT2D eigenvalue weighted by Crippen LogP contribution is 2.31. The highest BCUT2D eigenvalue weighted by molar-refractivity contribution is 5.98. The molecular weight excluding hydrogens is 400 g/mol. The van der Waals surface area contributed by atoms with Crippen molar-refractivity contribution in [2.45, 2.75) is 31.3 Å². The van der Waals surface area contributed by atoms with Crippen molar-refractivity contribution in [2.75, 3.05) is 18.5 Å². The highest BCUT2D eigenvalue weighted by Gasteiger charge is 2.29. The molecule has 1 aliphatic heterocycles. The molecule has 0 saturated carbocycles. The van der Waals surface area contributed by atoms with E-state index >= 15 is 0 Å². The molecular formula is C27H28N2O3. The monoisotopic (exact) mass is 428 g/mol. The number of amides is 2. The van der Waals surface area contributed by atoms with Gasteiger partial charge in [-0.1, -0.05) is 66.7 Å². The lowest BCUT2D eigenvalue weighted by molar-refractivity contribution is -0.124. The number of ether oxygens (including phenoxy) is 1. The maximum Gasteiger partial charge on any atom is 0.253 e. The summed E-state index contributed by atoms with van der Waals surface area (Å²) in [6.07, 6.45) is 1.20. The summed E-state index contributed by atoms with van der Waals surface area (Å²) in [4.78, 5) is 25.3. The number of nitrogens with one attached hydrogen (secondary N) is 2. The summed E-state index contributed by atoms with van der Waals surface area (Å²) in [5, 5.41) is 5.96. The van der Waals surface area contributed by atoms with Crippen molar-refractivity contribution in [3.63, 3.8) is 0 Å². The number of carbonyl (C=O) groups excluding carboxylic acids is 2. The number of hydrogen-bond acceptors (Lipinski definition) is 3. The Kier molecular flexibility index (Phi) is 6.66. The second-order valence-electron chi connectivity index (χ2n) is 8.32. The lowest BCUT2D eigenvalue weighted by atomic mass is 9.76. The average molecular weight is 429 g/mol. The minimum Gasteiger partial charge on any atom is -0.368 e. The fraction of sp³-hybridized carbons (Fsp3) is 0.259. The Bertz CT molecular complexity index is 1020. The topological polar surface area (TPSA) is 67.4 Å². The van der Waals surface area contributed by atoms with Gasteiger partial charge in [0, 0.05) is 29.8 Å². The van der Waals surface area contributed by atoms with E-state index in [9.17, 15) is 9.59 Å². The Morgan fingerprint density at radius 1 is 0.938 bits per heavy atom. The van der Waals surface area contributed by atoms with Crippen LogP contribution in [0.4, 0.5) is 5.69 Å². The third-order valence-corrected chi connectivity index (χ3v) is 6.04. The summed E-state index contributed by atoms with van der Waals surface area (Å²) < 4.78 is 5.43. The number of hydrogen-bond donors (Lipinski definition) is 2. The van der Waals surface area contributed by atoms with Crippen molar-refractivity contribution in [1.82, 2.24) is 5.32 Å². The van der Waals surface area contributed by atoms with Crippen LogP contribution in [0.2, 0.25) is 0 Å². The molecule has 32 heavy (non-hydrogen) atoms. The van der Waals surface area contributed by atoms with Crippen LogP contribution in [0.25, 0.3) is 0 Å². The molecule has 0 bridgehead atoms. The zero-order valence-corrected chi connectivity index (χ0v) is 18.2. The quantitative estimate of drug-likeness (QED) is 0.581. The van der Waals surface area contributed by atoms with Gasteiger partial charge in [-0.05, 0) is 49.1 Å². The van der Waals surface area contributed by atoms with Crippen LogP contribution in [-0.4, -0.2) is 31.1 Å². The molecule has 5 heteroatoms. The van der Waals surface area contributed by atoms with Crippen LogP contribution in [0, 0.1) is 0 Å². The lowest BCUT2D eigenvalue weighted by Gasteiger charge is -2.31. The van der Waals surface area contributed by atoms with Gasteiger partial charge in [-0.15, -0.1) is 0 Å². The molecule has 3 aromatic rings. The van der Waals surface area contributed by atoms with Gasteiger partial charge in [0.05, 0.1) is 0 Å². The normalized spacial score (nSPS) is 15.8. The third-order valence-electron chi connectivity index (χ3n) is 6.04. The van der Waals surface area contributed by atoms with Gasteiger partial charge in [0.2, 0.25) is 0 Å². The van der Waals surface area contributed by atoms with Crippen LogP contribution in [0.3, 0.4) is 0 Å². The van der Waals surface area contributed by atoms with E-state index in [1.807, 2.05) is 36.4 Å². The van der Waals surface area contributed by atoms with E-state index in [1.54, 1.807) is 24.3 Å². The van der Waals surface area contributed by atoms with Crippen molar-refractivity contribution < 1.29 is 14.3 Å².